The average molecular weight is 530 g/mol. The van der Waals surface area contributed by atoms with Crippen LogP contribution in [0.25, 0.3) is 22.1 Å². The quantitative estimate of drug-likeness (QED) is 0.152. The summed E-state index contributed by atoms with van der Waals surface area (Å²) in [6.07, 6.45) is 10.5. The van der Waals surface area contributed by atoms with Crippen LogP contribution < -0.4 is 0 Å². The van der Waals surface area contributed by atoms with E-state index in [9.17, 15) is 0 Å². The van der Waals surface area contributed by atoms with Gasteiger partial charge in [0.2, 0.25) is 5.71 Å². The summed E-state index contributed by atoms with van der Waals surface area (Å²) in [5.41, 5.74) is 9.29. The molecular formula is C36H39N3O. The van der Waals surface area contributed by atoms with E-state index in [1.807, 2.05) is 31.5 Å². The molecule has 4 atom stereocenters. The number of pyridine rings is 1. The molecule has 2 aromatic heterocycles. The van der Waals surface area contributed by atoms with Crippen LogP contribution in [-0.2, 0) is 6.42 Å². The van der Waals surface area contributed by atoms with Gasteiger partial charge in [-0.05, 0) is 71.7 Å². The van der Waals surface area contributed by atoms with E-state index in [1.165, 1.54) is 16.7 Å². The molecule has 0 spiro atoms. The number of fused-ring (bicyclic) bond motifs is 4. The Balaban J connectivity index is 1.57. The van der Waals surface area contributed by atoms with Crippen molar-refractivity contribution < 1.29 is 4.42 Å². The van der Waals surface area contributed by atoms with Gasteiger partial charge in [0, 0.05) is 41.1 Å². The lowest BCUT2D eigenvalue weighted by Crippen LogP contribution is -2.24. The lowest BCUT2D eigenvalue weighted by molar-refractivity contribution is 0.472. The van der Waals surface area contributed by atoms with Gasteiger partial charge in [-0.15, -0.1) is 6.58 Å². The van der Waals surface area contributed by atoms with E-state index in [1.54, 1.807) is 0 Å². The summed E-state index contributed by atoms with van der Waals surface area (Å²) in [5.74, 6) is 1.22. The van der Waals surface area contributed by atoms with E-state index >= 15 is 0 Å². The second-order valence-corrected chi connectivity index (χ2v) is 10.9. The Bertz CT molecular complexity index is 1650. The van der Waals surface area contributed by atoms with Gasteiger partial charge in [-0.3, -0.25) is 9.98 Å². The predicted octanol–water partition coefficient (Wildman–Crippen LogP) is 9.00. The van der Waals surface area contributed by atoms with Crippen molar-refractivity contribution in [2.24, 2.45) is 15.9 Å². The average Bonchev–Trinajstić information content (AvgIpc) is 3.35. The number of hydrogen-bond donors (Lipinski definition) is 0. The molecule has 0 fully saturated rings. The topological polar surface area (TPSA) is 50.8 Å². The number of benzene rings is 2. The van der Waals surface area contributed by atoms with Crippen molar-refractivity contribution in [2.45, 2.75) is 57.9 Å². The van der Waals surface area contributed by atoms with Crippen LogP contribution >= 0.6 is 0 Å². The molecule has 0 saturated heterocycles. The summed E-state index contributed by atoms with van der Waals surface area (Å²) in [5, 5.41) is 2.11. The minimum Gasteiger partial charge on any atom is -0.438 e. The van der Waals surface area contributed by atoms with Crippen molar-refractivity contribution in [1.29, 1.82) is 0 Å². The molecule has 40 heavy (non-hydrogen) atoms. The zero-order chi connectivity index (χ0) is 28.4. The van der Waals surface area contributed by atoms with Gasteiger partial charge >= 0.3 is 0 Å². The van der Waals surface area contributed by atoms with Crippen LogP contribution in [0, 0.1) is 5.92 Å². The molecule has 5 rings (SSSR count). The van der Waals surface area contributed by atoms with Gasteiger partial charge in [-0.1, -0.05) is 70.7 Å². The molecule has 2 aromatic carbocycles. The summed E-state index contributed by atoms with van der Waals surface area (Å²) in [4.78, 5) is 14.3. The van der Waals surface area contributed by atoms with E-state index in [0.29, 0.717) is 17.5 Å². The second-order valence-electron chi connectivity index (χ2n) is 10.9. The molecule has 0 amide bonds. The van der Waals surface area contributed by atoms with Crippen molar-refractivity contribution in [1.82, 2.24) is 4.98 Å². The Labute approximate surface area is 238 Å². The number of rotatable bonds is 10. The number of aromatic nitrogens is 1. The monoisotopic (exact) mass is 529 g/mol. The van der Waals surface area contributed by atoms with Crippen molar-refractivity contribution in [3.05, 3.63) is 114 Å². The number of allylic oxidation sites excluding steroid dienone is 2. The van der Waals surface area contributed by atoms with Crippen molar-refractivity contribution in [3.63, 3.8) is 0 Å². The Morgan fingerprint density at radius 3 is 2.60 bits per heavy atom. The molecule has 4 nitrogen and oxygen atoms in total. The van der Waals surface area contributed by atoms with Gasteiger partial charge < -0.3 is 4.42 Å². The molecule has 0 N–H and O–H groups in total. The van der Waals surface area contributed by atoms with E-state index in [2.05, 4.69) is 88.0 Å². The van der Waals surface area contributed by atoms with E-state index in [-0.39, 0.29) is 12.0 Å². The van der Waals surface area contributed by atoms with Crippen LogP contribution in [0.1, 0.15) is 73.3 Å². The Morgan fingerprint density at radius 1 is 1.10 bits per heavy atom. The van der Waals surface area contributed by atoms with Gasteiger partial charge in [0.05, 0.1) is 17.5 Å². The van der Waals surface area contributed by atoms with Gasteiger partial charge in [0.15, 0.2) is 0 Å². The minimum absolute atomic E-state index is 0.00452. The van der Waals surface area contributed by atoms with Crippen LogP contribution in [0.2, 0.25) is 0 Å². The summed E-state index contributed by atoms with van der Waals surface area (Å²) in [6, 6.07) is 15.2. The highest BCUT2D eigenvalue weighted by Gasteiger charge is 2.28. The standard InChI is InChI=1S/C36H39N3O/c1-8-22(5)23(6)25-18-31-30-20-29(32(9-2)37-7)24(19-35(30)40-36(31)38-21-25)16-17-28-26-14-12-13-15-27(26)33(10-3)39-34(28)11-4/h9-15,18-23,28,34H,2-4,8,16-17H2,1,5-7H3/b37-32-/t22?,23-,28?,34?/m0/s1. The van der Waals surface area contributed by atoms with Gasteiger partial charge in [0.1, 0.15) is 5.58 Å². The Morgan fingerprint density at radius 2 is 1.90 bits per heavy atom. The van der Waals surface area contributed by atoms with Crippen molar-refractivity contribution in [3.8, 4) is 0 Å². The van der Waals surface area contributed by atoms with Gasteiger partial charge in [0.25, 0.3) is 0 Å². The maximum Gasteiger partial charge on any atom is 0.227 e. The summed E-state index contributed by atoms with van der Waals surface area (Å²) >= 11 is 0. The molecule has 0 saturated carbocycles. The van der Waals surface area contributed by atoms with Gasteiger partial charge in [-0.2, -0.15) is 0 Å². The van der Waals surface area contributed by atoms with Gasteiger partial charge in [-0.25, -0.2) is 4.98 Å². The number of hydrogen-bond acceptors (Lipinski definition) is 4. The SMILES string of the molecule is C=CC1=NC(C=C)C(CCc2cc3oc4ncc([C@@H](C)C(C)CC)cc4c3cc2/C(C=C)=N\C)c2ccccc21. The number of nitrogens with zero attached hydrogens (tertiary/aromatic N) is 3. The summed E-state index contributed by atoms with van der Waals surface area (Å²) in [7, 11) is 1.82. The summed E-state index contributed by atoms with van der Waals surface area (Å²) in [6.45, 7) is 19.0. The zero-order valence-corrected chi connectivity index (χ0v) is 24.2. The fourth-order valence-electron chi connectivity index (χ4n) is 6.04. The summed E-state index contributed by atoms with van der Waals surface area (Å²) < 4.78 is 6.31. The highest BCUT2D eigenvalue weighted by Crippen LogP contribution is 2.38. The molecule has 4 heteroatoms. The molecule has 1 aliphatic heterocycles. The third-order valence-corrected chi connectivity index (χ3v) is 8.80. The third-order valence-electron chi connectivity index (χ3n) is 8.80. The lowest BCUT2D eigenvalue weighted by Gasteiger charge is -2.30. The molecule has 0 bridgehead atoms. The third kappa shape index (κ3) is 4.88. The lowest BCUT2D eigenvalue weighted by atomic mass is 9.80. The molecule has 3 heterocycles. The molecule has 3 unspecified atom stereocenters. The number of aliphatic imine (C=N–C) groups is 2. The predicted molar refractivity (Wildman–Crippen MR) is 170 cm³/mol. The first-order valence-corrected chi connectivity index (χ1v) is 14.3. The Hall–Kier alpha value is -4.05. The fraction of sp³-hybridized carbons (Fsp3) is 0.306. The molecule has 0 radical (unpaired) electrons. The molecule has 1 aliphatic rings. The molecule has 0 aliphatic carbocycles. The fourth-order valence-corrected chi connectivity index (χ4v) is 6.04. The molecule has 4 aromatic rings. The van der Waals surface area contributed by atoms with E-state index in [0.717, 1.165) is 58.2 Å². The number of aryl methyl sites for hydroxylation is 1. The highest BCUT2D eigenvalue weighted by atomic mass is 16.3. The zero-order valence-electron chi connectivity index (χ0n) is 24.2. The second kappa shape index (κ2) is 11.6. The van der Waals surface area contributed by atoms with E-state index < -0.39 is 0 Å². The first-order chi connectivity index (χ1) is 19.4. The molecular weight excluding hydrogens is 490 g/mol. The number of furan rings is 1. The smallest absolute Gasteiger partial charge is 0.227 e. The molecule has 204 valence electrons. The maximum atomic E-state index is 6.31. The van der Waals surface area contributed by atoms with Crippen LogP contribution in [0.3, 0.4) is 0 Å². The maximum absolute atomic E-state index is 6.31. The normalized spacial score (nSPS) is 18.7. The van der Waals surface area contributed by atoms with Crippen LogP contribution in [0.15, 0.2) is 101 Å². The first-order valence-electron chi connectivity index (χ1n) is 14.3. The van der Waals surface area contributed by atoms with Crippen LogP contribution in [-0.4, -0.2) is 29.5 Å². The minimum atomic E-state index is -0.00452. The van der Waals surface area contributed by atoms with E-state index in [4.69, 9.17) is 14.4 Å². The van der Waals surface area contributed by atoms with Crippen molar-refractivity contribution in [2.75, 3.05) is 7.05 Å². The van der Waals surface area contributed by atoms with Crippen LogP contribution in [0.4, 0.5) is 0 Å². The van der Waals surface area contributed by atoms with Crippen LogP contribution in [0.5, 0.6) is 0 Å². The Kier molecular flexibility index (Phi) is 7.97. The highest BCUT2D eigenvalue weighted by molar-refractivity contribution is 6.14. The largest absolute Gasteiger partial charge is 0.438 e. The van der Waals surface area contributed by atoms with Crippen molar-refractivity contribution >= 4 is 33.5 Å². The first kappa shape index (κ1) is 27.5.